The van der Waals surface area contributed by atoms with Crippen molar-refractivity contribution >= 4 is 11.9 Å². The summed E-state index contributed by atoms with van der Waals surface area (Å²) in [7, 11) is 0. The molecule has 0 saturated heterocycles. The average Bonchev–Trinajstić information content (AvgIpc) is 2.98. The third-order valence-corrected chi connectivity index (χ3v) is 4.78. The topological polar surface area (TPSA) is 63.6 Å². The van der Waals surface area contributed by atoms with Gasteiger partial charge in [0.1, 0.15) is 0 Å². The van der Waals surface area contributed by atoms with Gasteiger partial charge in [-0.05, 0) is 50.4 Å². The number of carbonyl (C=O) groups is 2. The van der Waals surface area contributed by atoms with Crippen molar-refractivity contribution in [2.24, 2.45) is 11.8 Å². The molecule has 0 radical (unpaired) electrons. The summed E-state index contributed by atoms with van der Waals surface area (Å²) < 4.78 is 4.86. The van der Waals surface area contributed by atoms with Crippen LogP contribution >= 0.6 is 0 Å². The van der Waals surface area contributed by atoms with E-state index in [-0.39, 0.29) is 17.9 Å². The van der Waals surface area contributed by atoms with Gasteiger partial charge >= 0.3 is 11.9 Å². The summed E-state index contributed by atoms with van der Waals surface area (Å²) in [4.78, 5) is 23.9. The normalized spacial score (nSPS) is 33.1. The Morgan fingerprint density at radius 1 is 0.789 bits per heavy atom. The van der Waals surface area contributed by atoms with Gasteiger partial charge in [0.15, 0.2) is 0 Å². The zero-order valence-corrected chi connectivity index (χ0v) is 11.1. The summed E-state index contributed by atoms with van der Waals surface area (Å²) in [5.74, 6) is -0.495. The predicted molar refractivity (Wildman–Crippen MR) is 68.0 cm³/mol. The third-order valence-electron chi connectivity index (χ3n) is 4.78. The molecule has 19 heavy (non-hydrogen) atoms. The number of esters is 2. The lowest BCUT2D eigenvalue weighted by molar-refractivity contribution is -0.151. The van der Waals surface area contributed by atoms with E-state index in [2.05, 4.69) is 0 Å². The zero-order valence-electron chi connectivity index (χ0n) is 11.1. The van der Waals surface area contributed by atoms with Crippen molar-refractivity contribution in [3.63, 3.8) is 0 Å². The number of carbonyl (C=O) groups excluding carboxylic acids is 2. The molecule has 2 aliphatic carbocycles. The van der Waals surface area contributed by atoms with E-state index in [4.69, 9.17) is 4.74 Å². The molecule has 0 spiro atoms. The van der Waals surface area contributed by atoms with Gasteiger partial charge in [-0.2, -0.15) is 0 Å². The Hall–Kier alpha value is -1.16. The quantitative estimate of drug-likeness (QED) is 0.613. The minimum absolute atomic E-state index is 0.109. The largest absolute Gasteiger partial charge is 0.393 e. The molecule has 1 N–H and O–H groups in total. The van der Waals surface area contributed by atoms with E-state index in [1.165, 1.54) is 0 Å². The number of rotatable bonds is 2. The second-order valence-corrected chi connectivity index (χ2v) is 5.99. The molecule has 0 atom stereocenters. The first-order chi connectivity index (χ1) is 9.16. The minimum Gasteiger partial charge on any atom is -0.393 e. The van der Waals surface area contributed by atoms with Crippen molar-refractivity contribution < 1.29 is 19.4 Å². The van der Waals surface area contributed by atoms with Gasteiger partial charge in [-0.15, -0.1) is 0 Å². The molecule has 4 heteroatoms. The maximum Gasteiger partial charge on any atom is 0.342 e. The van der Waals surface area contributed by atoms with E-state index in [9.17, 15) is 14.7 Å². The Balaban J connectivity index is 1.89. The van der Waals surface area contributed by atoms with E-state index in [1.807, 2.05) is 0 Å². The van der Waals surface area contributed by atoms with Crippen LogP contribution in [0.25, 0.3) is 0 Å². The minimum atomic E-state index is -0.423. The number of cyclic esters (lactones) is 2. The van der Waals surface area contributed by atoms with Crippen LogP contribution in [0.5, 0.6) is 0 Å². The molecule has 0 unspecified atom stereocenters. The van der Waals surface area contributed by atoms with Gasteiger partial charge in [-0.25, -0.2) is 9.59 Å². The van der Waals surface area contributed by atoms with E-state index in [0.717, 1.165) is 38.5 Å². The molecular weight excluding hydrogens is 244 g/mol. The van der Waals surface area contributed by atoms with E-state index in [1.54, 1.807) is 0 Å². The Kier molecular flexibility index (Phi) is 3.44. The first-order valence-electron chi connectivity index (χ1n) is 7.35. The second kappa shape index (κ2) is 5.08. The fourth-order valence-corrected chi connectivity index (χ4v) is 3.77. The Bertz CT molecular complexity index is 423. The molecule has 1 aliphatic heterocycles. The lowest BCUT2D eigenvalue weighted by Crippen LogP contribution is -2.22. The number of hydrogen-bond acceptors (Lipinski definition) is 4. The molecule has 0 bridgehead atoms. The van der Waals surface area contributed by atoms with Crippen LogP contribution in [0.3, 0.4) is 0 Å². The molecule has 4 nitrogen and oxygen atoms in total. The molecule has 2 fully saturated rings. The van der Waals surface area contributed by atoms with Crippen molar-refractivity contribution in [2.45, 2.75) is 57.5 Å². The monoisotopic (exact) mass is 264 g/mol. The first-order valence-corrected chi connectivity index (χ1v) is 7.35. The van der Waals surface area contributed by atoms with Gasteiger partial charge in [-0.3, -0.25) is 0 Å². The first kappa shape index (κ1) is 12.9. The molecule has 3 aliphatic rings. The van der Waals surface area contributed by atoms with Gasteiger partial charge in [0.25, 0.3) is 0 Å². The Morgan fingerprint density at radius 2 is 1.26 bits per heavy atom. The maximum atomic E-state index is 12.0. The maximum absolute atomic E-state index is 12.0. The SMILES string of the molecule is O=C1OC(=O)C([C@H]2CC[C@@H](O)CC2)=C1C1CCCC1. The lowest BCUT2D eigenvalue weighted by atomic mass is 9.79. The molecule has 0 aromatic carbocycles. The Morgan fingerprint density at radius 3 is 1.79 bits per heavy atom. The molecule has 1 heterocycles. The average molecular weight is 264 g/mol. The number of ether oxygens (including phenoxy) is 1. The van der Waals surface area contributed by atoms with Crippen LogP contribution in [0.1, 0.15) is 51.4 Å². The molecule has 3 rings (SSSR count). The van der Waals surface area contributed by atoms with E-state index in [0.29, 0.717) is 24.0 Å². The summed E-state index contributed by atoms with van der Waals surface area (Å²) in [6, 6.07) is 0. The van der Waals surface area contributed by atoms with Crippen LogP contribution in [0.4, 0.5) is 0 Å². The van der Waals surface area contributed by atoms with Crippen molar-refractivity contribution in [2.75, 3.05) is 0 Å². The fraction of sp³-hybridized carbons (Fsp3) is 0.733. The van der Waals surface area contributed by atoms with Gasteiger partial charge in [0.05, 0.1) is 17.3 Å². The molecule has 0 aromatic heterocycles. The summed E-state index contributed by atoms with van der Waals surface area (Å²) in [5, 5.41) is 9.57. The summed E-state index contributed by atoms with van der Waals surface area (Å²) in [6.45, 7) is 0. The number of hydrogen-bond donors (Lipinski definition) is 1. The highest BCUT2D eigenvalue weighted by Crippen LogP contribution is 2.41. The van der Waals surface area contributed by atoms with Crippen LogP contribution < -0.4 is 0 Å². The molecule has 104 valence electrons. The van der Waals surface area contributed by atoms with Gasteiger partial charge in [0, 0.05) is 0 Å². The summed E-state index contributed by atoms with van der Waals surface area (Å²) in [5.41, 5.74) is 1.31. The molecule has 0 amide bonds. The molecule has 2 saturated carbocycles. The Labute approximate surface area is 112 Å². The standard InChI is InChI=1S/C15H20O4/c16-11-7-5-10(6-8-11)13-12(9-3-1-2-4-9)14(17)19-15(13)18/h9-11,16H,1-8H2/t10-,11+. The van der Waals surface area contributed by atoms with E-state index < -0.39 is 11.9 Å². The van der Waals surface area contributed by atoms with Crippen LogP contribution in [0, 0.1) is 11.8 Å². The van der Waals surface area contributed by atoms with E-state index >= 15 is 0 Å². The summed E-state index contributed by atoms with van der Waals surface area (Å²) in [6.07, 6.45) is 7.01. The highest BCUT2D eigenvalue weighted by Gasteiger charge is 2.42. The number of aliphatic hydroxyl groups is 1. The lowest BCUT2D eigenvalue weighted by Gasteiger charge is -2.26. The third kappa shape index (κ3) is 2.34. The van der Waals surface area contributed by atoms with Crippen molar-refractivity contribution in [1.29, 1.82) is 0 Å². The highest BCUT2D eigenvalue weighted by molar-refractivity contribution is 6.12. The smallest absolute Gasteiger partial charge is 0.342 e. The van der Waals surface area contributed by atoms with Crippen LogP contribution in [-0.2, 0) is 14.3 Å². The van der Waals surface area contributed by atoms with Gasteiger partial charge in [0.2, 0.25) is 0 Å². The molecule has 0 aromatic rings. The van der Waals surface area contributed by atoms with Crippen LogP contribution in [-0.4, -0.2) is 23.1 Å². The van der Waals surface area contributed by atoms with Crippen molar-refractivity contribution in [3.05, 3.63) is 11.1 Å². The van der Waals surface area contributed by atoms with Crippen LogP contribution in [0.15, 0.2) is 11.1 Å². The predicted octanol–water partition coefficient (Wildman–Crippen LogP) is 2.11. The zero-order chi connectivity index (χ0) is 13.4. The van der Waals surface area contributed by atoms with Gasteiger partial charge in [-0.1, -0.05) is 12.8 Å². The second-order valence-electron chi connectivity index (χ2n) is 5.99. The van der Waals surface area contributed by atoms with Crippen molar-refractivity contribution in [3.8, 4) is 0 Å². The van der Waals surface area contributed by atoms with Crippen LogP contribution in [0.2, 0.25) is 0 Å². The molecular formula is C15H20O4. The fourth-order valence-electron chi connectivity index (χ4n) is 3.77. The number of aliphatic hydroxyl groups excluding tert-OH is 1. The van der Waals surface area contributed by atoms with Gasteiger partial charge < -0.3 is 9.84 Å². The summed E-state index contributed by atoms with van der Waals surface area (Å²) >= 11 is 0. The highest BCUT2D eigenvalue weighted by atomic mass is 16.6. The van der Waals surface area contributed by atoms with Crippen molar-refractivity contribution in [1.82, 2.24) is 0 Å².